The lowest BCUT2D eigenvalue weighted by molar-refractivity contribution is 0.0901. The highest BCUT2D eigenvalue weighted by atomic mass is 32.2. The number of pyridine rings is 1. The Balaban J connectivity index is 1.27. The van der Waals surface area contributed by atoms with Crippen LogP contribution in [0.3, 0.4) is 0 Å². The van der Waals surface area contributed by atoms with Gasteiger partial charge < -0.3 is 14.5 Å². The first kappa shape index (κ1) is 22.0. The maximum atomic E-state index is 13.0. The molecule has 8 heteroatoms. The minimum Gasteiger partial charge on any atom is -0.486 e. The Morgan fingerprint density at radius 3 is 2.79 bits per heavy atom. The number of benzene rings is 2. The summed E-state index contributed by atoms with van der Waals surface area (Å²) in [6.45, 7) is 0.232. The lowest BCUT2D eigenvalue weighted by Crippen LogP contribution is -2.30. The molecule has 34 heavy (non-hydrogen) atoms. The predicted molar refractivity (Wildman–Crippen MR) is 133 cm³/mol. The molecule has 0 aliphatic carbocycles. The second-order valence-electron chi connectivity index (χ2n) is 7.86. The summed E-state index contributed by atoms with van der Waals surface area (Å²) in [5.41, 5.74) is 0.743. The van der Waals surface area contributed by atoms with E-state index in [1.54, 1.807) is 23.9 Å². The molecule has 1 N–H and O–H groups in total. The van der Waals surface area contributed by atoms with Gasteiger partial charge in [-0.15, -0.1) is 10.2 Å². The van der Waals surface area contributed by atoms with Gasteiger partial charge in [0.05, 0.1) is 6.04 Å². The molecule has 0 saturated carbocycles. The van der Waals surface area contributed by atoms with Gasteiger partial charge in [0.25, 0.3) is 5.91 Å². The van der Waals surface area contributed by atoms with E-state index in [0.717, 1.165) is 34.3 Å². The number of furan rings is 1. The predicted octanol–water partition coefficient (Wildman–Crippen LogP) is 5.28. The van der Waals surface area contributed by atoms with Crippen molar-refractivity contribution in [1.82, 2.24) is 19.9 Å². The van der Waals surface area contributed by atoms with E-state index >= 15 is 0 Å². The maximum absolute atomic E-state index is 13.0. The van der Waals surface area contributed by atoms with Crippen LogP contribution in [0.2, 0.25) is 0 Å². The molecule has 5 aromatic rings. The second kappa shape index (κ2) is 10.0. The molecular weight excluding hydrogens is 448 g/mol. The number of nitrogens with zero attached hydrogens (tertiary/aromatic N) is 3. The Bertz CT molecular complexity index is 1430. The zero-order valence-corrected chi connectivity index (χ0v) is 19.5. The highest BCUT2D eigenvalue weighted by Crippen LogP contribution is 2.23. The molecule has 0 fully saturated rings. The molecular formula is C26H24N4O3S. The maximum Gasteiger partial charge on any atom is 0.287 e. The van der Waals surface area contributed by atoms with Crippen molar-refractivity contribution in [1.29, 1.82) is 0 Å². The molecule has 1 atom stereocenters. The summed E-state index contributed by atoms with van der Waals surface area (Å²) in [5.74, 6) is 2.83. The molecule has 0 aliphatic rings. The average molecular weight is 473 g/mol. The first-order chi connectivity index (χ1) is 16.7. The number of hydrogen-bond acceptors (Lipinski definition) is 6. The van der Waals surface area contributed by atoms with Crippen molar-refractivity contribution >= 4 is 34.1 Å². The Hall–Kier alpha value is -3.78. The van der Waals surface area contributed by atoms with Crippen LogP contribution in [0.4, 0.5) is 0 Å². The van der Waals surface area contributed by atoms with Crippen LogP contribution in [0.5, 0.6) is 5.75 Å². The minimum absolute atomic E-state index is 0.232. The lowest BCUT2D eigenvalue weighted by Gasteiger charge is -2.16. The highest BCUT2D eigenvalue weighted by Gasteiger charge is 2.22. The number of carbonyl (C=O) groups excluding carboxylic acids is 1. The van der Waals surface area contributed by atoms with Gasteiger partial charge in [-0.3, -0.25) is 9.20 Å². The van der Waals surface area contributed by atoms with E-state index in [1.807, 2.05) is 71.5 Å². The van der Waals surface area contributed by atoms with Crippen molar-refractivity contribution in [3.8, 4) is 5.75 Å². The van der Waals surface area contributed by atoms with E-state index in [9.17, 15) is 4.79 Å². The van der Waals surface area contributed by atoms with Crippen molar-refractivity contribution in [2.24, 2.45) is 0 Å². The zero-order chi connectivity index (χ0) is 23.3. The van der Waals surface area contributed by atoms with Crippen LogP contribution in [0, 0.1) is 0 Å². The smallest absolute Gasteiger partial charge is 0.287 e. The van der Waals surface area contributed by atoms with Crippen molar-refractivity contribution in [2.45, 2.75) is 19.1 Å². The molecule has 3 heterocycles. The second-order valence-corrected chi connectivity index (χ2v) is 8.84. The van der Waals surface area contributed by atoms with E-state index in [2.05, 4.69) is 21.6 Å². The molecule has 0 radical (unpaired) electrons. The quantitative estimate of drug-likeness (QED) is 0.314. The van der Waals surface area contributed by atoms with Gasteiger partial charge in [0.2, 0.25) is 0 Å². The minimum atomic E-state index is -0.296. The molecule has 0 bridgehead atoms. The van der Waals surface area contributed by atoms with E-state index in [0.29, 0.717) is 11.6 Å². The van der Waals surface area contributed by atoms with Crippen LogP contribution in [0.1, 0.15) is 34.6 Å². The number of rotatable bonds is 9. The van der Waals surface area contributed by atoms with Crippen molar-refractivity contribution in [3.63, 3.8) is 0 Å². The molecule has 0 spiro atoms. The molecule has 172 valence electrons. The van der Waals surface area contributed by atoms with Crippen LogP contribution in [0.15, 0.2) is 83.4 Å². The third kappa shape index (κ3) is 4.77. The van der Waals surface area contributed by atoms with Gasteiger partial charge in [0.15, 0.2) is 17.2 Å². The van der Waals surface area contributed by atoms with E-state index < -0.39 is 0 Å². The Morgan fingerprint density at radius 1 is 1.06 bits per heavy atom. The normalized spacial score (nSPS) is 12.1. The van der Waals surface area contributed by atoms with Gasteiger partial charge in [-0.25, -0.2) is 0 Å². The highest BCUT2D eigenvalue weighted by molar-refractivity contribution is 7.98. The third-order valence-electron chi connectivity index (χ3n) is 5.56. The summed E-state index contributed by atoms with van der Waals surface area (Å²) in [6.07, 6.45) is 4.66. The molecule has 5 rings (SSSR count). The van der Waals surface area contributed by atoms with E-state index in [1.165, 1.54) is 0 Å². The number of thioether (sulfide) groups is 1. The Morgan fingerprint density at radius 2 is 1.91 bits per heavy atom. The van der Waals surface area contributed by atoms with Crippen molar-refractivity contribution < 1.29 is 13.9 Å². The van der Waals surface area contributed by atoms with Crippen LogP contribution in [-0.2, 0) is 6.61 Å². The number of nitrogens with one attached hydrogen (secondary N) is 1. The topological polar surface area (TPSA) is 81.7 Å². The fraction of sp³-hybridized carbons (Fsp3) is 0.192. The zero-order valence-electron chi connectivity index (χ0n) is 18.7. The van der Waals surface area contributed by atoms with Gasteiger partial charge in [0.1, 0.15) is 18.1 Å². The number of hydrogen-bond donors (Lipinski definition) is 1. The van der Waals surface area contributed by atoms with Crippen molar-refractivity contribution in [3.05, 3.63) is 96.3 Å². The van der Waals surface area contributed by atoms with Crippen LogP contribution >= 0.6 is 11.8 Å². The first-order valence-electron chi connectivity index (χ1n) is 11.0. The summed E-state index contributed by atoms with van der Waals surface area (Å²) >= 11 is 1.72. The van der Waals surface area contributed by atoms with Crippen LogP contribution < -0.4 is 10.1 Å². The Labute approximate surface area is 201 Å². The van der Waals surface area contributed by atoms with Gasteiger partial charge in [-0.05, 0) is 65.6 Å². The molecule has 2 aromatic carbocycles. The summed E-state index contributed by atoms with van der Waals surface area (Å²) in [7, 11) is 0. The third-order valence-corrected chi connectivity index (χ3v) is 6.20. The molecule has 0 aliphatic heterocycles. The molecule has 7 nitrogen and oxygen atoms in total. The fourth-order valence-electron chi connectivity index (χ4n) is 3.82. The number of fused-ring (bicyclic) bond motifs is 2. The standard InChI is InChI=1S/C26H24N4O3S/c1-34-15-13-22(25-29-28-24-8-4-5-14-30(24)25)27-26(31)23-12-11-21(33-23)17-32-20-10-9-18-6-2-3-7-19(18)16-20/h2-12,14,16,22H,13,15,17H2,1H3,(H,27,31). The molecule has 0 saturated heterocycles. The van der Waals surface area contributed by atoms with Gasteiger partial charge in [0, 0.05) is 6.20 Å². The largest absolute Gasteiger partial charge is 0.486 e. The Kier molecular flexibility index (Phi) is 6.49. The molecule has 1 unspecified atom stereocenters. The van der Waals surface area contributed by atoms with Gasteiger partial charge in [-0.1, -0.05) is 36.4 Å². The number of ether oxygens (including phenoxy) is 1. The monoisotopic (exact) mass is 472 g/mol. The SMILES string of the molecule is CSCCC(NC(=O)c1ccc(COc2ccc3ccccc3c2)o1)c1nnc2ccccn12. The van der Waals surface area contributed by atoms with Crippen molar-refractivity contribution in [2.75, 3.05) is 12.0 Å². The van der Waals surface area contributed by atoms with Gasteiger partial charge in [-0.2, -0.15) is 11.8 Å². The van der Waals surface area contributed by atoms with E-state index in [4.69, 9.17) is 9.15 Å². The molecule has 1 amide bonds. The summed E-state index contributed by atoms with van der Waals surface area (Å²) in [4.78, 5) is 13.0. The average Bonchev–Trinajstić information content (AvgIpc) is 3.53. The summed E-state index contributed by atoms with van der Waals surface area (Å²) < 4.78 is 13.6. The van der Waals surface area contributed by atoms with E-state index in [-0.39, 0.29) is 24.3 Å². The first-order valence-corrected chi connectivity index (χ1v) is 12.4. The fourth-order valence-corrected chi connectivity index (χ4v) is 4.29. The number of aromatic nitrogens is 3. The summed E-state index contributed by atoms with van der Waals surface area (Å²) in [6, 6.07) is 22.9. The van der Waals surface area contributed by atoms with Crippen LogP contribution in [-0.4, -0.2) is 32.5 Å². The van der Waals surface area contributed by atoms with Gasteiger partial charge >= 0.3 is 0 Å². The number of carbonyl (C=O) groups is 1. The summed E-state index contributed by atoms with van der Waals surface area (Å²) in [5, 5.41) is 13.9. The molecule has 3 aromatic heterocycles. The lowest BCUT2D eigenvalue weighted by atomic mass is 10.1. The number of amides is 1. The van der Waals surface area contributed by atoms with Crippen LogP contribution in [0.25, 0.3) is 16.4 Å².